The third kappa shape index (κ3) is 3.22. The summed E-state index contributed by atoms with van der Waals surface area (Å²) < 4.78 is 41.0. The van der Waals surface area contributed by atoms with Crippen LogP contribution in [0.1, 0.15) is 17.5 Å². The highest BCUT2D eigenvalue weighted by Gasteiger charge is 2.25. The minimum atomic E-state index is -3.80. The van der Waals surface area contributed by atoms with E-state index >= 15 is 0 Å². The molecule has 24 heavy (non-hydrogen) atoms. The zero-order valence-corrected chi connectivity index (χ0v) is 13.3. The molecule has 1 aliphatic heterocycles. The molecule has 0 radical (unpaired) electrons. The Bertz CT molecular complexity index is 916. The van der Waals surface area contributed by atoms with Gasteiger partial charge in [-0.3, -0.25) is 0 Å². The molecule has 0 atom stereocenters. The van der Waals surface area contributed by atoms with E-state index in [1.807, 2.05) is 0 Å². The van der Waals surface area contributed by atoms with Crippen LogP contribution in [0.15, 0.2) is 59.0 Å². The second kappa shape index (κ2) is 6.18. The molecule has 0 aromatic heterocycles. The molecule has 1 fully saturated rings. The van der Waals surface area contributed by atoms with E-state index in [2.05, 4.69) is 0 Å². The fourth-order valence-electron chi connectivity index (χ4n) is 2.60. The van der Waals surface area contributed by atoms with E-state index in [1.54, 1.807) is 24.3 Å². The zero-order chi connectivity index (χ0) is 17.3. The maximum Gasteiger partial charge on any atom is 0.334 e. The summed E-state index contributed by atoms with van der Waals surface area (Å²) in [7, 11) is -3.80. The molecule has 2 aromatic rings. The topological polar surface area (TPSA) is 86.5 Å². The molecule has 3 rings (SSSR count). The summed E-state index contributed by atoms with van der Waals surface area (Å²) in [6.45, 7) is 0.286. The van der Waals surface area contributed by atoms with Crippen LogP contribution in [-0.2, 0) is 19.6 Å². The number of esters is 1. The normalized spacial score (nSPS) is 16.8. The van der Waals surface area contributed by atoms with Gasteiger partial charge in [0.2, 0.25) is 10.0 Å². The predicted molar refractivity (Wildman–Crippen MR) is 85.8 cm³/mol. The molecule has 0 bridgehead atoms. The first kappa shape index (κ1) is 16.4. The molecule has 0 saturated carbocycles. The Morgan fingerprint density at radius 2 is 1.54 bits per heavy atom. The number of hydrogen-bond donors (Lipinski definition) is 1. The number of benzene rings is 2. The van der Waals surface area contributed by atoms with Gasteiger partial charge in [0.15, 0.2) is 0 Å². The van der Waals surface area contributed by atoms with Gasteiger partial charge in [-0.15, -0.1) is 0 Å². The minimum Gasteiger partial charge on any atom is -0.462 e. The van der Waals surface area contributed by atoms with Crippen LogP contribution in [0.3, 0.4) is 0 Å². The summed E-state index contributed by atoms with van der Waals surface area (Å²) >= 11 is 0. The lowest BCUT2D eigenvalue weighted by atomic mass is 9.92. The van der Waals surface area contributed by atoms with Crippen molar-refractivity contribution < 1.29 is 22.3 Å². The van der Waals surface area contributed by atoms with E-state index in [-0.39, 0.29) is 17.3 Å². The van der Waals surface area contributed by atoms with Crippen molar-refractivity contribution in [2.45, 2.75) is 11.3 Å². The Balaban J connectivity index is 2.16. The van der Waals surface area contributed by atoms with Crippen LogP contribution in [-0.4, -0.2) is 21.0 Å². The van der Waals surface area contributed by atoms with Crippen molar-refractivity contribution >= 4 is 21.6 Å². The van der Waals surface area contributed by atoms with Crippen molar-refractivity contribution in [2.24, 2.45) is 5.14 Å². The van der Waals surface area contributed by atoms with Crippen LogP contribution in [0.4, 0.5) is 4.39 Å². The van der Waals surface area contributed by atoms with Crippen molar-refractivity contribution in [1.82, 2.24) is 0 Å². The van der Waals surface area contributed by atoms with Crippen molar-refractivity contribution in [2.75, 3.05) is 6.61 Å². The lowest BCUT2D eigenvalue weighted by Crippen LogP contribution is -2.12. The van der Waals surface area contributed by atoms with Gasteiger partial charge in [0.25, 0.3) is 0 Å². The van der Waals surface area contributed by atoms with Crippen LogP contribution in [0.5, 0.6) is 0 Å². The second-order valence-electron chi connectivity index (χ2n) is 5.32. The fraction of sp³-hybridized carbons (Fsp3) is 0.118. The van der Waals surface area contributed by atoms with E-state index in [0.717, 1.165) is 0 Å². The van der Waals surface area contributed by atoms with Crippen LogP contribution in [0.25, 0.3) is 5.57 Å². The summed E-state index contributed by atoms with van der Waals surface area (Å²) in [6, 6.07) is 11.6. The van der Waals surface area contributed by atoms with E-state index in [0.29, 0.717) is 28.7 Å². The Hall–Kier alpha value is -2.51. The van der Waals surface area contributed by atoms with E-state index in [9.17, 15) is 17.6 Å². The van der Waals surface area contributed by atoms with Crippen LogP contribution >= 0.6 is 0 Å². The lowest BCUT2D eigenvalue weighted by molar-refractivity contribution is -0.135. The van der Waals surface area contributed by atoms with Gasteiger partial charge in [-0.2, -0.15) is 0 Å². The molecule has 1 heterocycles. The largest absolute Gasteiger partial charge is 0.462 e. The average molecular weight is 347 g/mol. The number of primary sulfonamides is 1. The number of carbonyl (C=O) groups is 1. The monoisotopic (exact) mass is 347 g/mol. The standard InChI is InChI=1S/C17H14FNO4S/c18-13-5-1-11(2-6-13)16(15-9-10-23-17(15)20)12-3-7-14(8-4-12)24(19,21)22/h1-8H,9-10H2,(H2,19,21,22). The molecule has 2 N–H and O–H groups in total. The van der Waals surface area contributed by atoms with Gasteiger partial charge in [0.1, 0.15) is 5.82 Å². The summed E-state index contributed by atoms with van der Waals surface area (Å²) in [5, 5.41) is 5.10. The molecule has 2 aromatic carbocycles. The zero-order valence-electron chi connectivity index (χ0n) is 12.5. The van der Waals surface area contributed by atoms with Crippen molar-refractivity contribution in [3.05, 3.63) is 71.0 Å². The maximum absolute atomic E-state index is 13.2. The smallest absolute Gasteiger partial charge is 0.334 e. The van der Waals surface area contributed by atoms with Gasteiger partial charge in [-0.1, -0.05) is 24.3 Å². The highest BCUT2D eigenvalue weighted by atomic mass is 32.2. The quantitative estimate of drug-likeness (QED) is 0.681. The number of hydrogen-bond acceptors (Lipinski definition) is 4. The number of carbonyl (C=O) groups excluding carboxylic acids is 1. The second-order valence-corrected chi connectivity index (χ2v) is 6.88. The van der Waals surface area contributed by atoms with Crippen LogP contribution in [0, 0.1) is 5.82 Å². The molecule has 0 amide bonds. The van der Waals surface area contributed by atoms with Crippen molar-refractivity contribution in [3.63, 3.8) is 0 Å². The number of halogens is 1. The van der Waals surface area contributed by atoms with E-state index < -0.39 is 16.0 Å². The minimum absolute atomic E-state index is 0.0243. The highest BCUT2D eigenvalue weighted by molar-refractivity contribution is 7.89. The number of rotatable bonds is 3. The Kier molecular flexibility index (Phi) is 4.21. The first-order chi connectivity index (χ1) is 11.4. The number of nitrogens with two attached hydrogens (primary N) is 1. The number of cyclic esters (lactones) is 1. The summed E-state index contributed by atoms with van der Waals surface area (Å²) in [6.07, 6.45) is 0.433. The van der Waals surface area contributed by atoms with Gasteiger partial charge in [-0.25, -0.2) is 22.7 Å². The summed E-state index contributed by atoms with van der Waals surface area (Å²) in [4.78, 5) is 12.0. The molecular formula is C17H14FNO4S. The van der Waals surface area contributed by atoms with Gasteiger partial charge in [-0.05, 0) is 41.0 Å². The van der Waals surface area contributed by atoms with E-state index in [1.165, 1.54) is 24.3 Å². The molecule has 0 spiro atoms. The van der Waals surface area contributed by atoms with Gasteiger partial charge >= 0.3 is 5.97 Å². The number of sulfonamides is 1. The SMILES string of the molecule is NS(=O)(=O)c1ccc(C(=C2CCOC2=O)c2ccc(F)cc2)cc1. The summed E-state index contributed by atoms with van der Waals surface area (Å²) in [5.74, 6) is -0.813. The first-order valence-corrected chi connectivity index (χ1v) is 8.70. The predicted octanol–water partition coefficient (Wildman–Crippen LogP) is 2.22. The van der Waals surface area contributed by atoms with Crippen molar-refractivity contribution in [1.29, 1.82) is 0 Å². The fourth-order valence-corrected chi connectivity index (χ4v) is 3.12. The molecule has 0 unspecified atom stereocenters. The Morgan fingerprint density at radius 1 is 1.00 bits per heavy atom. The molecule has 1 aliphatic rings. The van der Waals surface area contributed by atoms with Gasteiger partial charge in [0, 0.05) is 12.0 Å². The molecule has 124 valence electrons. The first-order valence-electron chi connectivity index (χ1n) is 7.16. The molecule has 5 nitrogen and oxygen atoms in total. The third-order valence-corrected chi connectivity index (χ3v) is 4.67. The average Bonchev–Trinajstić information content (AvgIpc) is 2.95. The van der Waals surface area contributed by atoms with Crippen LogP contribution in [0.2, 0.25) is 0 Å². The molecule has 1 saturated heterocycles. The van der Waals surface area contributed by atoms with E-state index in [4.69, 9.17) is 9.88 Å². The van der Waals surface area contributed by atoms with Gasteiger partial charge < -0.3 is 4.74 Å². The Morgan fingerprint density at radius 3 is 2.00 bits per heavy atom. The lowest BCUT2D eigenvalue weighted by Gasteiger charge is -2.11. The molecule has 7 heteroatoms. The molecule has 0 aliphatic carbocycles. The highest BCUT2D eigenvalue weighted by Crippen LogP contribution is 2.32. The maximum atomic E-state index is 13.2. The van der Waals surface area contributed by atoms with Crippen LogP contribution < -0.4 is 5.14 Å². The summed E-state index contributed by atoms with van der Waals surface area (Å²) in [5.41, 5.74) is 2.35. The van der Waals surface area contributed by atoms with Crippen molar-refractivity contribution in [3.8, 4) is 0 Å². The Labute approximate surface area is 138 Å². The third-order valence-electron chi connectivity index (χ3n) is 3.74. The number of ether oxygens (including phenoxy) is 1. The molecular weight excluding hydrogens is 333 g/mol. The van der Waals surface area contributed by atoms with Gasteiger partial charge in [0.05, 0.1) is 11.5 Å².